The topological polar surface area (TPSA) is 142 Å². The number of rotatable bonds is 0. The molecule has 50 valence electrons. The Morgan fingerprint density at radius 2 is 0.286 bits per heavy atom. The fraction of sp³-hybridized carbons (Fsp3) is 0. The van der Waals surface area contributed by atoms with Crippen molar-refractivity contribution in [3.05, 3.63) is 0 Å². The second-order valence-electron chi connectivity index (χ2n) is 0. The summed E-state index contributed by atoms with van der Waals surface area (Å²) in [5, 5.41) is 0. The zero-order valence-corrected chi connectivity index (χ0v) is 9.89. The van der Waals surface area contributed by atoms with Gasteiger partial charge in [-0.3, -0.25) is 0 Å². The van der Waals surface area contributed by atoms with Gasteiger partial charge in [0.15, 0.2) is 0 Å². The van der Waals surface area contributed by atoms with Crippen molar-refractivity contribution in [2.45, 2.75) is 0 Å². The van der Waals surface area contributed by atoms with Gasteiger partial charge in [-0.1, -0.05) is 0 Å². The van der Waals surface area contributed by atoms with E-state index in [2.05, 4.69) is 0 Å². The first-order valence-electron chi connectivity index (χ1n) is 0. The molecule has 0 unspecified atom stereocenters. The smallest absolute Gasteiger partial charge is 0 e. The Labute approximate surface area is 79.3 Å². The molecular formula is Bi2O5-10. The molecule has 0 aromatic rings. The molecule has 0 amide bonds. The van der Waals surface area contributed by atoms with Crippen molar-refractivity contribution in [3.63, 3.8) is 0 Å². The molecule has 0 aromatic carbocycles. The van der Waals surface area contributed by atoms with E-state index in [0.29, 0.717) is 0 Å². The Balaban J connectivity index is 0. The molecule has 0 aliphatic rings. The molecule has 0 aromatic heterocycles. The Hall–Kier alpha value is 1.57. The summed E-state index contributed by atoms with van der Waals surface area (Å²) < 4.78 is 0. The normalized spacial score (nSPS) is 0. The molecule has 5 nitrogen and oxygen atoms in total. The molecule has 0 rings (SSSR count). The maximum Gasteiger partial charge on any atom is 0 e. The third kappa shape index (κ3) is 95.6. The molecule has 0 heterocycles. The average molecular weight is 498 g/mol. The van der Waals surface area contributed by atoms with Crippen molar-refractivity contribution in [1.82, 2.24) is 0 Å². The molecule has 7 heavy (non-hydrogen) atoms. The predicted molar refractivity (Wildman–Crippen MR) is 14.9 cm³/mol. The van der Waals surface area contributed by atoms with E-state index in [0.717, 1.165) is 0 Å². The van der Waals surface area contributed by atoms with Crippen LogP contribution in [0.2, 0.25) is 0 Å². The zero-order valence-electron chi connectivity index (χ0n) is 2.94. The minimum absolute atomic E-state index is 0. The molecule has 0 saturated carbocycles. The Kier molecular flexibility index (Phi) is 3800. The molecule has 0 spiro atoms. The van der Waals surface area contributed by atoms with Gasteiger partial charge in [0.25, 0.3) is 0 Å². The summed E-state index contributed by atoms with van der Waals surface area (Å²) in [7, 11) is 0. The van der Waals surface area contributed by atoms with E-state index in [1.54, 1.807) is 0 Å². The first-order chi connectivity index (χ1) is 0. The van der Waals surface area contributed by atoms with Crippen LogP contribution in [0.1, 0.15) is 0 Å². The summed E-state index contributed by atoms with van der Waals surface area (Å²) in [4.78, 5) is 0. The van der Waals surface area contributed by atoms with Crippen LogP contribution in [0.5, 0.6) is 0 Å². The van der Waals surface area contributed by atoms with E-state index >= 15 is 0 Å². The molecule has 0 atom stereocenters. The molecule has 0 fully saturated rings. The van der Waals surface area contributed by atoms with E-state index < -0.39 is 0 Å². The van der Waals surface area contributed by atoms with Crippen LogP contribution >= 0.6 is 0 Å². The van der Waals surface area contributed by atoms with Crippen LogP contribution in [0.3, 0.4) is 0 Å². The van der Waals surface area contributed by atoms with Crippen molar-refractivity contribution in [3.8, 4) is 0 Å². The van der Waals surface area contributed by atoms with Crippen molar-refractivity contribution in [1.29, 1.82) is 0 Å². The van der Waals surface area contributed by atoms with Crippen molar-refractivity contribution < 1.29 is 27.4 Å². The van der Waals surface area contributed by atoms with Gasteiger partial charge in [0.1, 0.15) is 0 Å². The second kappa shape index (κ2) is 133. The van der Waals surface area contributed by atoms with Gasteiger partial charge < -0.3 is 27.4 Å². The van der Waals surface area contributed by atoms with Gasteiger partial charge in [-0.25, -0.2) is 0 Å². The van der Waals surface area contributed by atoms with Crippen LogP contribution in [0, 0.1) is 0 Å². The van der Waals surface area contributed by atoms with Crippen LogP contribution < -0.4 is 0 Å². The van der Waals surface area contributed by atoms with Crippen LogP contribution in [-0.4, -0.2) is 52.4 Å². The molecule has 6 radical (unpaired) electrons. The van der Waals surface area contributed by atoms with Gasteiger partial charge in [-0.2, -0.15) is 0 Å². The minimum atomic E-state index is 0. The Bertz CT molecular complexity index is 6.04. The minimum Gasteiger partial charge on any atom is -2.00 e. The van der Waals surface area contributed by atoms with Crippen LogP contribution in [0.4, 0.5) is 0 Å². The first-order valence-corrected chi connectivity index (χ1v) is 0. The monoisotopic (exact) mass is 498 g/mol. The summed E-state index contributed by atoms with van der Waals surface area (Å²) in [6, 6.07) is 0. The maximum absolute atomic E-state index is 0. The molecule has 0 aliphatic heterocycles. The molecule has 0 saturated heterocycles. The largest absolute Gasteiger partial charge is 2.00 e. The summed E-state index contributed by atoms with van der Waals surface area (Å²) in [6.07, 6.45) is 0. The Morgan fingerprint density at radius 3 is 0.286 bits per heavy atom. The maximum atomic E-state index is 0. The van der Waals surface area contributed by atoms with Gasteiger partial charge in [0.2, 0.25) is 0 Å². The third-order valence-electron chi connectivity index (χ3n) is 0. The second-order valence-corrected chi connectivity index (χ2v) is 0. The van der Waals surface area contributed by atoms with Crippen molar-refractivity contribution >= 4 is 52.4 Å². The van der Waals surface area contributed by atoms with Crippen LogP contribution in [-0.2, 0) is 27.4 Å². The number of hydrogen-bond donors (Lipinski definition) is 0. The van der Waals surface area contributed by atoms with Crippen LogP contribution in [0.15, 0.2) is 0 Å². The molecular weight excluding hydrogens is 498 g/mol. The van der Waals surface area contributed by atoms with E-state index in [4.69, 9.17) is 0 Å². The summed E-state index contributed by atoms with van der Waals surface area (Å²) in [5.74, 6) is 0. The van der Waals surface area contributed by atoms with Crippen molar-refractivity contribution in [2.24, 2.45) is 0 Å². The van der Waals surface area contributed by atoms with Gasteiger partial charge >= 0.3 is 0 Å². The molecule has 7 heteroatoms. The summed E-state index contributed by atoms with van der Waals surface area (Å²) in [5.41, 5.74) is 0. The number of hydrogen-bond acceptors (Lipinski definition) is 0. The Morgan fingerprint density at radius 1 is 0.286 bits per heavy atom. The molecule has 0 N–H and O–H groups in total. The third-order valence-corrected chi connectivity index (χ3v) is 0. The van der Waals surface area contributed by atoms with Gasteiger partial charge in [-0.05, 0) is 0 Å². The molecule has 0 aliphatic carbocycles. The quantitative estimate of drug-likeness (QED) is 0.364. The van der Waals surface area contributed by atoms with Crippen molar-refractivity contribution in [2.75, 3.05) is 0 Å². The SMILES string of the molecule is [Bi].[Bi].[O-2].[O-2].[O-2].[O-2].[O-2]. The fourth-order valence-corrected chi connectivity index (χ4v) is 0. The summed E-state index contributed by atoms with van der Waals surface area (Å²) in [6.45, 7) is 0. The fourth-order valence-electron chi connectivity index (χ4n) is 0. The van der Waals surface area contributed by atoms with Gasteiger partial charge in [0, 0.05) is 52.4 Å². The zero-order chi connectivity index (χ0) is 0. The van der Waals surface area contributed by atoms with Gasteiger partial charge in [-0.15, -0.1) is 0 Å². The standard InChI is InChI=1S/2Bi.5O/q;;5*-2. The van der Waals surface area contributed by atoms with Gasteiger partial charge in [0.05, 0.1) is 0 Å². The van der Waals surface area contributed by atoms with Crippen LogP contribution in [0.25, 0.3) is 0 Å². The molecule has 0 bridgehead atoms. The predicted octanol–water partition coefficient (Wildman–Crippen LogP) is -1.36. The average Bonchev–Trinajstić information content (AvgIpc) is 0. The first kappa shape index (κ1) is 200. The van der Waals surface area contributed by atoms with E-state index in [1.807, 2.05) is 0 Å². The van der Waals surface area contributed by atoms with E-state index in [-0.39, 0.29) is 79.8 Å². The van der Waals surface area contributed by atoms with E-state index in [9.17, 15) is 0 Å². The summed E-state index contributed by atoms with van der Waals surface area (Å²) >= 11 is 0. The van der Waals surface area contributed by atoms with E-state index in [1.165, 1.54) is 0 Å².